The van der Waals surface area contributed by atoms with Crippen molar-refractivity contribution in [2.24, 2.45) is 52.1 Å². The summed E-state index contributed by atoms with van der Waals surface area (Å²) < 4.78 is 0. The molecule has 7 N–H and O–H groups in total. The predicted octanol–water partition coefficient (Wildman–Crippen LogP) is 4.26. The van der Waals surface area contributed by atoms with E-state index in [1.165, 1.54) is 44.9 Å². The van der Waals surface area contributed by atoms with Gasteiger partial charge in [0.2, 0.25) is 5.91 Å². The van der Waals surface area contributed by atoms with Crippen molar-refractivity contribution < 1.29 is 19.8 Å². The maximum Gasteiger partial charge on any atom is 0.326 e. The highest BCUT2D eigenvalue weighted by Crippen LogP contribution is 2.68. The van der Waals surface area contributed by atoms with E-state index in [0.29, 0.717) is 54.4 Å². The molecule has 0 radical (unpaired) electrons. The minimum Gasteiger partial charge on any atom is -0.480 e. The van der Waals surface area contributed by atoms with E-state index < -0.39 is 12.0 Å². The number of carboxylic acid groups (broad SMARTS) is 1. The second-order valence-electron chi connectivity index (χ2n) is 13.8. The van der Waals surface area contributed by atoms with Crippen LogP contribution < -0.4 is 16.4 Å². The number of fused-ring (bicyclic) bond motifs is 5. The third kappa shape index (κ3) is 5.85. The maximum absolute atomic E-state index is 12.7. The monoisotopic (exact) mass is 532 g/mol. The SMILES string of the molecule is CC(CCC(=O)NC(CCCNC(=N)N)C(=O)O)[C@H]1CC[C@H]2[C@@H]3CC[C@@H]4C[C@H](O)CC[C@]4(C)[C@H]3CC[C@]12C. The van der Waals surface area contributed by atoms with E-state index in [9.17, 15) is 19.8 Å². The molecule has 216 valence electrons. The number of nitrogens with one attached hydrogen (secondary N) is 3. The molecule has 8 heteroatoms. The first kappa shape index (κ1) is 29.2. The van der Waals surface area contributed by atoms with E-state index in [-0.39, 0.29) is 18.0 Å². The number of aliphatic carboxylic acids is 1. The van der Waals surface area contributed by atoms with Gasteiger partial charge >= 0.3 is 5.97 Å². The van der Waals surface area contributed by atoms with E-state index in [4.69, 9.17) is 11.1 Å². The van der Waals surface area contributed by atoms with E-state index in [0.717, 1.165) is 37.0 Å². The Morgan fingerprint density at radius 2 is 1.74 bits per heavy atom. The molecule has 4 aliphatic rings. The first-order valence-corrected chi connectivity index (χ1v) is 15.2. The molecule has 0 saturated heterocycles. The molecule has 4 saturated carbocycles. The van der Waals surface area contributed by atoms with Gasteiger partial charge in [-0.3, -0.25) is 10.2 Å². The lowest BCUT2D eigenvalue weighted by atomic mass is 9.44. The number of aliphatic hydroxyl groups is 1. The highest BCUT2D eigenvalue weighted by atomic mass is 16.4. The summed E-state index contributed by atoms with van der Waals surface area (Å²) in [7, 11) is 0. The number of carbonyl (C=O) groups excluding carboxylic acids is 1. The molecule has 0 aliphatic heterocycles. The fourth-order valence-electron chi connectivity index (χ4n) is 9.82. The van der Waals surface area contributed by atoms with Crippen LogP contribution in [0, 0.1) is 51.7 Å². The first-order valence-electron chi connectivity index (χ1n) is 15.2. The van der Waals surface area contributed by atoms with Crippen molar-refractivity contribution in [3.63, 3.8) is 0 Å². The molecule has 1 amide bonds. The van der Waals surface area contributed by atoms with Crippen molar-refractivity contribution in [2.75, 3.05) is 6.54 Å². The lowest BCUT2D eigenvalue weighted by molar-refractivity contribution is -0.142. The van der Waals surface area contributed by atoms with Crippen LogP contribution in [0.5, 0.6) is 0 Å². The normalized spacial score (nSPS) is 39.7. The number of rotatable bonds is 10. The fourth-order valence-corrected chi connectivity index (χ4v) is 9.82. The largest absolute Gasteiger partial charge is 0.480 e. The highest BCUT2D eigenvalue weighted by Gasteiger charge is 2.60. The molecule has 0 spiro atoms. The van der Waals surface area contributed by atoms with Gasteiger partial charge in [-0.05, 0) is 123 Å². The van der Waals surface area contributed by atoms with Gasteiger partial charge in [-0.2, -0.15) is 0 Å². The third-order valence-electron chi connectivity index (χ3n) is 11.8. The zero-order valence-electron chi connectivity index (χ0n) is 23.8. The molecule has 0 aromatic heterocycles. The number of carboxylic acids is 1. The second-order valence-corrected chi connectivity index (χ2v) is 13.8. The van der Waals surface area contributed by atoms with Crippen molar-refractivity contribution in [1.82, 2.24) is 10.6 Å². The molecule has 4 rings (SSSR count). The number of hydrogen-bond acceptors (Lipinski definition) is 4. The number of guanidine groups is 1. The third-order valence-corrected chi connectivity index (χ3v) is 11.8. The number of hydrogen-bond donors (Lipinski definition) is 6. The second kappa shape index (κ2) is 11.7. The summed E-state index contributed by atoms with van der Waals surface area (Å²) in [5.74, 6) is 2.77. The topological polar surface area (TPSA) is 149 Å². The maximum atomic E-state index is 12.7. The summed E-state index contributed by atoms with van der Waals surface area (Å²) in [6, 6.07) is -0.910. The average Bonchev–Trinajstić information content (AvgIpc) is 3.22. The van der Waals surface area contributed by atoms with E-state index in [1.54, 1.807) is 0 Å². The summed E-state index contributed by atoms with van der Waals surface area (Å²) in [5, 5.41) is 32.4. The van der Waals surface area contributed by atoms with Gasteiger partial charge in [0.05, 0.1) is 6.10 Å². The molecule has 2 unspecified atom stereocenters. The summed E-state index contributed by atoms with van der Waals surface area (Å²) in [5.41, 5.74) is 6.00. The van der Waals surface area contributed by atoms with Crippen LogP contribution >= 0.6 is 0 Å². The van der Waals surface area contributed by atoms with Crippen molar-refractivity contribution >= 4 is 17.8 Å². The Balaban J connectivity index is 1.30. The van der Waals surface area contributed by atoms with E-state index >= 15 is 0 Å². The highest BCUT2D eigenvalue weighted by molar-refractivity contribution is 5.83. The Kier molecular flexibility index (Phi) is 9.00. The van der Waals surface area contributed by atoms with Crippen LogP contribution in [-0.4, -0.2) is 46.7 Å². The molecule has 10 atom stereocenters. The minimum atomic E-state index is -1.02. The Bertz CT molecular complexity index is 882. The molecule has 38 heavy (non-hydrogen) atoms. The van der Waals surface area contributed by atoms with Gasteiger partial charge in [0.25, 0.3) is 0 Å². The van der Waals surface area contributed by atoms with Crippen LogP contribution in [0.2, 0.25) is 0 Å². The quantitative estimate of drug-likeness (QED) is 0.141. The van der Waals surface area contributed by atoms with Crippen LogP contribution in [-0.2, 0) is 9.59 Å². The molecule has 4 fully saturated rings. The number of nitrogens with two attached hydrogens (primary N) is 1. The number of aliphatic hydroxyl groups excluding tert-OH is 1. The molecule has 0 bridgehead atoms. The van der Waals surface area contributed by atoms with Crippen molar-refractivity contribution in [1.29, 1.82) is 5.41 Å². The Hall–Kier alpha value is -1.83. The summed E-state index contributed by atoms with van der Waals surface area (Å²) >= 11 is 0. The number of amides is 1. The van der Waals surface area contributed by atoms with Crippen LogP contribution in [0.25, 0.3) is 0 Å². The van der Waals surface area contributed by atoms with Crippen LogP contribution in [0.15, 0.2) is 0 Å². The van der Waals surface area contributed by atoms with Crippen molar-refractivity contribution in [2.45, 2.75) is 116 Å². The van der Waals surface area contributed by atoms with Crippen LogP contribution in [0.3, 0.4) is 0 Å². The van der Waals surface area contributed by atoms with Crippen molar-refractivity contribution in [3.8, 4) is 0 Å². The molecule has 8 nitrogen and oxygen atoms in total. The predicted molar refractivity (Wildman–Crippen MR) is 148 cm³/mol. The van der Waals surface area contributed by atoms with Gasteiger partial charge < -0.3 is 26.6 Å². The zero-order chi connectivity index (χ0) is 27.7. The van der Waals surface area contributed by atoms with Gasteiger partial charge in [-0.15, -0.1) is 0 Å². The summed E-state index contributed by atoms with van der Waals surface area (Å²) in [6.45, 7) is 7.80. The molecule has 4 aliphatic carbocycles. The minimum absolute atomic E-state index is 0.0955. The lowest BCUT2D eigenvalue weighted by Crippen LogP contribution is -2.54. The van der Waals surface area contributed by atoms with E-state index in [1.807, 2.05) is 0 Å². The molecule has 0 aromatic rings. The first-order chi connectivity index (χ1) is 18.0. The Morgan fingerprint density at radius 3 is 2.45 bits per heavy atom. The Labute approximate surface area is 228 Å². The van der Waals surface area contributed by atoms with Crippen molar-refractivity contribution in [3.05, 3.63) is 0 Å². The van der Waals surface area contributed by atoms with Gasteiger partial charge in [0.1, 0.15) is 6.04 Å². The van der Waals surface area contributed by atoms with Gasteiger partial charge in [0, 0.05) is 13.0 Å². The summed E-state index contributed by atoms with van der Waals surface area (Å²) in [4.78, 5) is 24.3. The number of carbonyl (C=O) groups is 2. The molecular weight excluding hydrogens is 480 g/mol. The molecule has 0 heterocycles. The molecule has 0 aromatic carbocycles. The average molecular weight is 533 g/mol. The van der Waals surface area contributed by atoms with Crippen LogP contribution in [0.4, 0.5) is 0 Å². The fraction of sp³-hybridized carbons (Fsp3) is 0.900. The Morgan fingerprint density at radius 1 is 1.03 bits per heavy atom. The lowest BCUT2D eigenvalue weighted by Gasteiger charge is -2.61. The summed E-state index contributed by atoms with van der Waals surface area (Å²) in [6.07, 6.45) is 12.8. The van der Waals surface area contributed by atoms with Gasteiger partial charge in [-0.25, -0.2) is 4.79 Å². The standard InChI is InChI=1S/C30H52N4O4/c1-18(6-11-26(36)34-25(27(37)38)5-4-16-33-28(31)32)22-9-10-23-21-8-7-19-17-20(35)12-14-29(19,2)24(21)13-15-30(22,23)3/h18-25,35H,4-17H2,1-3H3,(H,34,36)(H,37,38)(H4,31,32,33)/t18?,19-,20-,21+,22-,23+,24+,25?,29+,30-/m1/s1. The van der Waals surface area contributed by atoms with Gasteiger partial charge in [-0.1, -0.05) is 20.8 Å². The molecular formula is C30H52N4O4. The van der Waals surface area contributed by atoms with Gasteiger partial charge in [0.15, 0.2) is 5.96 Å². The zero-order valence-corrected chi connectivity index (χ0v) is 23.8. The van der Waals surface area contributed by atoms with Crippen LogP contribution in [0.1, 0.15) is 104 Å². The van der Waals surface area contributed by atoms with E-state index in [2.05, 4.69) is 31.4 Å². The smallest absolute Gasteiger partial charge is 0.326 e.